The van der Waals surface area contributed by atoms with E-state index in [1.807, 2.05) is 6.92 Å². The van der Waals surface area contributed by atoms with Gasteiger partial charge in [0.1, 0.15) is 5.82 Å². The average molecular weight is 349 g/mol. The van der Waals surface area contributed by atoms with Gasteiger partial charge in [-0.3, -0.25) is 9.79 Å². The summed E-state index contributed by atoms with van der Waals surface area (Å²) in [5, 5.41) is 3.35. The molecule has 1 atom stereocenters. The first-order valence-electron chi connectivity index (χ1n) is 8.57. The zero-order valence-corrected chi connectivity index (χ0v) is 14.8. The summed E-state index contributed by atoms with van der Waals surface area (Å²) in [7, 11) is 0. The Morgan fingerprint density at radius 3 is 2.83 bits per heavy atom. The lowest BCUT2D eigenvalue weighted by molar-refractivity contribution is -0.120. The van der Waals surface area contributed by atoms with Crippen LogP contribution in [0, 0.1) is 11.7 Å². The lowest BCUT2D eigenvalue weighted by atomic mass is 9.88. The first kappa shape index (κ1) is 17.3. The molecule has 1 amide bonds. The summed E-state index contributed by atoms with van der Waals surface area (Å²) in [5.74, 6) is 0.399. The lowest BCUT2D eigenvalue weighted by Crippen LogP contribution is -2.29. The van der Waals surface area contributed by atoms with Crippen LogP contribution in [0.15, 0.2) is 23.2 Å². The Morgan fingerprint density at radius 1 is 1.38 bits per heavy atom. The summed E-state index contributed by atoms with van der Waals surface area (Å²) in [6.07, 6.45) is 5.95. The molecule has 4 nitrogen and oxygen atoms in total. The minimum Gasteiger partial charge on any atom is -0.379 e. The van der Waals surface area contributed by atoms with Crippen LogP contribution in [0.5, 0.6) is 0 Å². The van der Waals surface area contributed by atoms with E-state index < -0.39 is 11.4 Å². The van der Waals surface area contributed by atoms with Gasteiger partial charge in [-0.15, -0.1) is 0 Å². The van der Waals surface area contributed by atoms with Gasteiger partial charge in [-0.05, 0) is 43.9 Å². The Labute approximate surface area is 146 Å². The van der Waals surface area contributed by atoms with Crippen molar-refractivity contribution in [2.45, 2.75) is 51.0 Å². The second-order valence-electron chi connectivity index (χ2n) is 6.84. The maximum Gasteiger partial charge on any atom is 0.227 e. The van der Waals surface area contributed by atoms with Crippen LogP contribution >= 0.6 is 11.8 Å². The molecule has 3 rings (SSSR count). The van der Waals surface area contributed by atoms with Gasteiger partial charge in [0.05, 0.1) is 11.2 Å². The van der Waals surface area contributed by atoms with Crippen molar-refractivity contribution >= 4 is 28.5 Å². The van der Waals surface area contributed by atoms with Gasteiger partial charge < -0.3 is 11.1 Å². The maximum absolute atomic E-state index is 14.2. The zero-order chi connectivity index (χ0) is 17.2. The lowest BCUT2D eigenvalue weighted by Gasteiger charge is -2.30. The van der Waals surface area contributed by atoms with Crippen LogP contribution in [-0.4, -0.2) is 16.8 Å². The monoisotopic (exact) mass is 349 g/mol. The van der Waals surface area contributed by atoms with Crippen LogP contribution in [0.1, 0.15) is 51.0 Å². The van der Waals surface area contributed by atoms with Crippen LogP contribution in [-0.2, 0) is 10.3 Å². The third-order valence-corrected chi connectivity index (χ3v) is 5.81. The highest BCUT2D eigenvalue weighted by Gasteiger charge is 2.30. The predicted octanol–water partition coefficient (Wildman–Crippen LogP) is 4.01. The number of carbonyl (C=O) groups excluding carboxylic acids is 1. The van der Waals surface area contributed by atoms with E-state index in [2.05, 4.69) is 10.3 Å². The van der Waals surface area contributed by atoms with Crippen LogP contribution in [0.2, 0.25) is 0 Å². The number of halogens is 1. The molecule has 0 spiro atoms. The van der Waals surface area contributed by atoms with E-state index in [9.17, 15) is 9.18 Å². The van der Waals surface area contributed by atoms with Crippen molar-refractivity contribution in [2.24, 2.45) is 16.6 Å². The minimum atomic E-state index is -0.465. The number of anilines is 1. The Kier molecular flexibility index (Phi) is 5.13. The molecule has 24 heavy (non-hydrogen) atoms. The fraction of sp³-hybridized carbons (Fsp3) is 0.556. The Bertz CT molecular complexity index is 658. The standard InChI is InChI=1S/C18H24FN3OS/c1-18(9-10-24-17(20)22-18)13-7-8-14(19)15(11-13)21-16(23)12-5-3-2-4-6-12/h7-8,11-12H,2-6,9-10H2,1H3,(H2,20,22)(H,21,23). The molecule has 130 valence electrons. The molecule has 1 aromatic carbocycles. The topological polar surface area (TPSA) is 67.5 Å². The zero-order valence-electron chi connectivity index (χ0n) is 14.0. The van der Waals surface area contributed by atoms with Crippen LogP contribution in [0.25, 0.3) is 0 Å². The first-order valence-corrected chi connectivity index (χ1v) is 9.55. The number of nitrogens with two attached hydrogens (primary N) is 1. The number of nitrogens with one attached hydrogen (secondary N) is 1. The summed E-state index contributed by atoms with van der Waals surface area (Å²) in [5.41, 5.74) is 6.53. The Balaban J connectivity index is 1.81. The molecule has 1 unspecified atom stereocenters. The van der Waals surface area contributed by atoms with E-state index in [1.54, 1.807) is 12.1 Å². The molecule has 1 aromatic rings. The molecule has 1 aliphatic heterocycles. The summed E-state index contributed by atoms with van der Waals surface area (Å²) in [6.45, 7) is 2.00. The highest BCUT2D eigenvalue weighted by molar-refractivity contribution is 8.13. The second-order valence-corrected chi connectivity index (χ2v) is 7.96. The molecule has 1 fully saturated rings. The van der Waals surface area contributed by atoms with Crippen molar-refractivity contribution in [3.05, 3.63) is 29.6 Å². The van der Waals surface area contributed by atoms with E-state index in [-0.39, 0.29) is 17.5 Å². The molecule has 2 aliphatic rings. The van der Waals surface area contributed by atoms with Gasteiger partial charge in [0.15, 0.2) is 5.17 Å². The third-order valence-electron chi connectivity index (χ3n) is 5.02. The highest BCUT2D eigenvalue weighted by Crippen LogP contribution is 2.36. The number of carbonyl (C=O) groups is 1. The number of amides is 1. The van der Waals surface area contributed by atoms with Gasteiger partial charge in [0.25, 0.3) is 0 Å². The van der Waals surface area contributed by atoms with E-state index in [0.717, 1.165) is 43.4 Å². The number of hydrogen-bond acceptors (Lipinski definition) is 4. The normalized spacial score (nSPS) is 25.2. The van der Waals surface area contributed by atoms with E-state index in [0.29, 0.717) is 5.17 Å². The van der Waals surface area contributed by atoms with Gasteiger partial charge in [0, 0.05) is 11.7 Å². The molecular weight excluding hydrogens is 325 g/mol. The van der Waals surface area contributed by atoms with Crippen molar-refractivity contribution < 1.29 is 9.18 Å². The molecule has 3 N–H and O–H groups in total. The molecule has 0 radical (unpaired) electrons. The van der Waals surface area contributed by atoms with E-state index in [1.165, 1.54) is 24.2 Å². The number of benzene rings is 1. The largest absolute Gasteiger partial charge is 0.379 e. The fourth-order valence-electron chi connectivity index (χ4n) is 3.45. The summed E-state index contributed by atoms with van der Waals surface area (Å²) in [4.78, 5) is 17.0. The first-order chi connectivity index (χ1) is 11.5. The van der Waals surface area contributed by atoms with Gasteiger partial charge in [0.2, 0.25) is 5.91 Å². The minimum absolute atomic E-state index is 0.00265. The van der Waals surface area contributed by atoms with Gasteiger partial charge in [-0.2, -0.15) is 0 Å². The molecule has 0 bridgehead atoms. The van der Waals surface area contributed by atoms with Crippen LogP contribution in [0.3, 0.4) is 0 Å². The predicted molar refractivity (Wildman–Crippen MR) is 97.7 cm³/mol. The van der Waals surface area contributed by atoms with Gasteiger partial charge in [-0.1, -0.05) is 37.1 Å². The second kappa shape index (κ2) is 7.13. The number of nitrogens with zero attached hydrogens (tertiary/aromatic N) is 1. The maximum atomic E-state index is 14.2. The number of hydrogen-bond donors (Lipinski definition) is 2. The fourth-order valence-corrected chi connectivity index (χ4v) is 4.42. The van der Waals surface area contributed by atoms with Crippen molar-refractivity contribution in [1.29, 1.82) is 0 Å². The molecule has 0 aromatic heterocycles. The molecule has 1 saturated carbocycles. The number of aliphatic imine (C=N–C) groups is 1. The summed E-state index contributed by atoms with van der Waals surface area (Å²) in [6, 6.07) is 4.85. The average Bonchev–Trinajstić information content (AvgIpc) is 2.57. The molecule has 1 heterocycles. The third kappa shape index (κ3) is 3.74. The number of thioether (sulfide) groups is 1. The van der Waals surface area contributed by atoms with Crippen LogP contribution < -0.4 is 11.1 Å². The molecule has 1 aliphatic carbocycles. The van der Waals surface area contributed by atoms with E-state index in [4.69, 9.17) is 5.73 Å². The van der Waals surface area contributed by atoms with Crippen molar-refractivity contribution in [3.63, 3.8) is 0 Å². The van der Waals surface area contributed by atoms with E-state index >= 15 is 0 Å². The summed E-state index contributed by atoms with van der Waals surface area (Å²) >= 11 is 1.54. The Hall–Kier alpha value is -1.56. The number of rotatable bonds is 3. The highest BCUT2D eigenvalue weighted by atomic mass is 32.2. The van der Waals surface area contributed by atoms with Crippen molar-refractivity contribution in [1.82, 2.24) is 0 Å². The van der Waals surface area contributed by atoms with Gasteiger partial charge >= 0.3 is 0 Å². The van der Waals surface area contributed by atoms with Crippen molar-refractivity contribution in [3.8, 4) is 0 Å². The Morgan fingerprint density at radius 2 is 2.12 bits per heavy atom. The smallest absolute Gasteiger partial charge is 0.227 e. The number of amidine groups is 1. The molecule has 6 heteroatoms. The molecule has 0 saturated heterocycles. The van der Waals surface area contributed by atoms with Crippen molar-refractivity contribution in [2.75, 3.05) is 11.1 Å². The van der Waals surface area contributed by atoms with Crippen LogP contribution in [0.4, 0.5) is 10.1 Å². The summed E-state index contributed by atoms with van der Waals surface area (Å²) < 4.78 is 14.2. The quantitative estimate of drug-likeness (QED) is 0.866. The van der Waals surface area contributed by atoms with Gasteiger partial charge in [-0.25, -0.2) is 4.39 Å². The molecular formula is C18H24FN3OS. The SMILES string of the molecule is CC1(c2ccc(F)c(NC(=O)C3CCCCC3)c2)CCSC(N)=N1.